The fraction of sp³-hybridized carbons (Fsp3) is 0.100. The van der Waals surface area contributed by atoms with Gasteiger partial charge < -0.3 is 0 Å². The molecule has 170 valence electrons. The van der Waals surface area contributed by atoms with Gasteiger partial charge in [0.15, 0.2) is 5.82 Å². The second kappa shape index (κ2) is 9.43. The first-order valence-corrected chi connectivity index (χ1v) is 11.0. The van der Waals surface area contributed by atoms with E-state index in [1.807, 2.05) is 10.8 Å². The molecule has 0 aliphatic carbocycles. The Bertz CT molecular complexity index is 1360. The molecule has 1 aromatic carbocycles. The van der Waals surface area contributed by atoms with Gasteiger partial charge in [0.25, 0.3) is 5.91 Å². The fourth-order valence-electron chi connectivity index (χ4n) is 2.69. The average molecular weight is 496 g/mol. The number of aromatic nitrogens is 3. The van der Waals surface area contributed by atoms with E-state index in [1.54, 1.807) is 30.3 Å². The highest BCUT2D eigenvalue weighted by atomic mass is 35.5. The van der Waals surface area contributed by atoms with Crippen LogP contribution in [0, 0.1) is 11.3 Å². The van der Waals surface area contributed by atoms with Gasteiger partial charge in [0.05, 0.1) is 33.8 Å². The molecule has 0 aliphatic heterocycles. The molecule has 0 bridgehead atoms. The van der Waals surface area contributed by atoms with Crippen molar-refractivity contribution in [1.82, 2.24) is 19.5 Å². The zero-order chi connectivity index (χ0) is 24.2. The van der Waals surface area contributed by atoms with Crippen LogP contribution in [0.4, 0.5) is 13.2 Å². The third kappa shape index (κ3) is 5.97. The topological polar surface area (TPSA) is 118 Å². The van der Waals surface area contributed by atoms with E-state index in [4.69, 9.17) is 11.6 Å². The summed E-state index contributed by atoms with van der Waals surface area (Å²) in [6, 6.07) is 10.6. The fourth-order valence-corrected chi connectivity index (χ4v) is 4.01. The van der Waals surface area contributed by atoms with E-state index >= 15 is 0 Å². The minimum absolute atomic E-state index is 0.0396. The van der Waals surface area contributed by atoms with Gasteiger partial charge in [-0.2, -0.15) is 23.5 Å². The zero-order valence-electron chi connectivity index (χ0n) is 16.4. The number of nitrogens with zero attached hydrogens (tertiary/aromatic N) is 4. The van der Waals surface area contributed by atoms with Crippen molar-refractivity contribution in [2.45, 2.75) is 11.9 Å². The van der Waals surface area contributed by atoms with Gasteiger partial charge >= 0.3 is 6.18 Å². The molecule has 0 radical (unpaired) electrons. The van der Waals surface area contributed by atoms with Crippen molar-refractivity contribution >= 4 is 33.6 Å². The lowest BCUT2D eigenvalue weighted by Crippen LogP contribution is -2.30. The smallest absolute Gasteiger partial charge is 0.269 e. The number of sulfonamides is 1. The molecule has 0 aliphatic rings. The maximum Gasteiger partial charge on any atom is 0.417 e. The van der Waals surface area contributed by atoms with E-state index in [-0.39, 0.29) is 17.1 Å². The van der Waals surface area contributed by atoms with Gasteiger partial charge in [-0.3, -0.25) is 4.79 Å². The predicted molar refractivity (Wildman–Crippen MR) is 112 cm³/mol. The number of hydrogen-bond donors (Lipinski definition) is 1. The molecular weight excluding hydrogens is 483 g/mol. The number of pyridine rings is 1. The number of carbonyl (C=O) groups is 1. The van der Waals surface area contributed by atoms with Gasteiger partial charge in [-0.25, -0.2) is 22.8 Å². The predicted octanol–water partition coefficient (Wildman–Crippen LogP) is 3.47. The van der Waals surface area contributed by atoms with Crippen LogP contribution >= 0.6 is 11.6 Å². The van der Waals surface area contributed by atoms with E-state index in [2.05, 4.69) is 10.1 Å². The normalized spacial score (nSPS) is 12.0. The van der Waals surface area contributed by atoms with E-state index in [0.29, 0.717) is 17.8 Å². The molecule has 0 saturated carbocycles. The van der Waals surface area contributed by atoms with Crippen LogP contribution in [0.1, 0.15) is 22.4 Å². The van der Waals surface area contributed by atoms with Crippen LogP contribution in [0.25, 0.3) is 11.9 Å². The molecule has 3 aromatic rings. The molecule has 33 heavy (non-hydrogen) atoms. The summed E-state index contributed by atoms with van der Waals surface area (Å²) < 4.78 is 65.8. The van der Waals surface area contributed by atoms with E-state index in [0.717, 1.165) is 23.0 Å². The van der Waals surface area contributed by atoms with Crippen molar-refractivity contribution in [1.29, 1.82) is 5.26 Å². The number of amides is 1. The minimum Gasteiger partial charge on any atom is -0.269 e. The highest BCUT2D eigenvalue weighted by molar-refractivity contribution is 7.89. The monoisotopic (exact) mass is 495 g/mol. The van der Waals surface area contributed by atoms with Crippen LogP contribution in [0.2, 0.25) is 5.02 Å². The Kier molecular flexibility index (Phi) is 6.85. The van der Waals surface area contributed by atoms with E-state index < -0.39 is 38.4 Å². The number of halogens is 4. The highest BCUT2D eigenvalue weighted by Gasteiger charge is 2.32. The second-order valence-corrected chi connectivity index (χ2v) is 8.67. The Balaban J connectivity index is 1.85. The summed E-state index contributed by atoms with van der Waals surface area (Å²) in [4.78, 5) is 15.8. The van der Waals surface area contributed by atoms with Crippen molar-refractivity contribution in [2.24, 2.45) is 0 Å². The molecule has 0 saturated heterocycles. The number of nitrogens with one attached hydrogen (secondary N) is 1. The first-order valence-electron chi connectivity index (χ1n) is 8.98. The molecule has 1 amide bonds. The summed E-state index contributed by atoms with van der Waals surface area (Å²) in [6.07, 6.45) is -1.10. The lowest BCUT2D eigenvalue weighted by atomic mass is 10.2. The summed E-state index contributed by atoms with van der Waals surface area (Å²) in [5, 5.41) is 12.8. The van der Waals surface area contributed by atoms with Crippen molar-refractivity contribution in [2.75, 3.05) is 0 Å². The number of rotatable bonds is 6. The first kappa shape index (κ1) is 24.0. The zero-order valence-corrected chi connectivity index (χ0v) is 18.0. The number of benzene rings is 1. The summed E-state index contributed by atoms with van der Waals surface area (Å²) in [6.45, 7) is 0. The van der Waals surface area contributed by atoms with Crippen LogP contribution in [0.3, 0.4) is 0 Å². The summed E-state index contributed by atoms with van der Waals surface area (Å²) in [5.74, 6) is -1.66. The lowest BCUT2D eigenvalue weighted by Gasteiger charge is -2.10. The molecule has 2 aromatic heterocycles. The molecule has 0 atom stereocenters. The van der Waals surface area contributed by atoms with Crippen LogP contribution in [-0.4, -0.2) is 29.1 Å². The van der Waals surface area contributed by atoms with Gasteiger partial charge in [0, 0.05) is 12.3 Å². The third-order valence-corrected chi connectivity index (χ3v) is 5.63. The van der Waals surface area contributed by atoms with Gasteiger partial charge in [-0.1, -0.05) is 41.9 Å². The summed E-state index contributed by atoms with van der Waals surface area (Å²) >= 11 is 5.93. The molecule has 0 spiro atoms. The molecule has 8 nitrogen and oxygen atoms in total. The Labute approximate surface area is 191 Å². The number of carbonyl (C=O) groups excluding carboxylic acids is 1. The van der Waals surface area contributed by atoms with Gasteiger partial charge in [-0.05, 0) is 17.7 Å². The molecule has 1 N–H and O–H groups in total. The quantitative estimate of drug-likeness (QED) is 0.523. The number of alkyl halides is 3. The number of nitriles is 1. The summed E-state index contributed by atoms with van der Waals surface area (Å²) in [7, 11) is -4.01. The largest absolute Gasteiger partial charge is 0.417 e. The van der Waals surface area contributed by atoms with Gasteiger partial charge in [-0.15, -0.1) is 0 Å². The summed E-state index contributed by atoms with van der Waals surface area (Å²) in [5.41, 5.74) is -0.704. The molecule has 0 fully saturated rings. The van der Waals surface area contributed by atoms with Crippen molar-refractivity contribution in [3.8, 4) is 11.9 Å². The molecule has 3 rings (SSSR count). The van der Waals surface area contributed by atoms with Crippen LogP contribution in [0.15, 0.2) is 54.9 Å². The third-order valence-electron chi connectivity index (χ3n) is 4.12. The minimum atomic E-state index is -4.66. The Morgan fingerprint density at radius 3 is 2.55 bits per heavy atom. The van der Waals surface area contributed by atoms with Gasteiger partial charge in [0.2, 0.25) is 10.0 Å². The average Bonchev–Trinajstić information content (AvgIpc) is 3.14. The Morgan fingerprint density at radius 2 is 1.94 bits per heavy atom. The first-order chi connectivity index (χ1) is 15.5. The van der Waals surface area contributed by atoms with Crippen molar-refractivity contribution in [3.05, 3.63) is 82.3 Å². The maximum absolute atomic E-state index is 12.9. The molecule has 2 heterocycles. The lowest BCUT2D eigenvalue weighted by molar-refractivity contribution is -0.137. The Morgan fingerprint density at radius 1 is 1.24 bits per heavy atom. The van der Waals surface area contributed by atoms with Crippen LogP contribution < -0.4 is 4.72 Å². The maximum atomic E-state index is 12.9. The van der Waals surface area contributed by atoms with E-state index in [9.17, 15) is 31.6 Å². The van der Waals surface area contributed by atoms with E-state index in [1.165, 1.54) is 0 Å². The van der Waals surface area contributed by atoms with Crippen molar-refractivity contribution < 1.29 is 26.4 Å². The van der Waals surface area contributed by atoms with Gasteiger partial charge in [0.1, 0.15) is 6.07 Å². The molecule has 13 heteroatoms. The standard InChI is InChI=1S/C20H13ClF3N5O3S/c21-16-8-15(20(22,23)24)11-26-19(16)29-17(14(9-25)10-27-29)6-7-18(30)28-33(31,32)12-13-4-2-1-3-5-13/h1-8,10-11H,12H2,(H,28,30)/b7-6-. The number of hydrogen-bond acceptors (Lipinski definition) is 6. The molecular formula is C20H13ClF3N5O3S. The van der Waals surface area contributed by atoms with Crippen molar-refractivity contribution in [3.63, 3.8) is 0 Å². The Hall–Kier alpha value is -3.69. The van der Waals surface area contributed by atoms with Crippen LogP contribution in [0.5, 0.6) is 0 Å². The highest BCUT2D eigenvalue weighted by Crippen LogP contribution is 2.32. The SMILES string of the molecule is N#Cc1cnn(-c2ncc(C(F)(F)F)cc2Cl)c1/C=C\C(=O)NS(=O)(=O)Cc1ccccc1. The van der Waals surface area contributed by atoms with Crippen LogP contribution in [-0.2, 0) is 26.7 Å². The second-order valence-electron chi connectivity index (χ2n) is 6.54. The molecule has 0 unspecified atom stereocenters.